The second-order valence-corrected chi connectivity index (χ2v) is 4.30. The fourth-order valence-electron chi connectivity index (χ4n) is 1.76. The van der Waals surface area contributed by atoms with Gasteiger partial charge in [0.15, 0.2) is 0 Å². The summed E-state index contributed by atoms with van der Waals surface area (Å²) < 4.78 is 0. The number of pyridine rings is 2. The lowest BCUT2D eigenvalue weighted by molar-refractivity contribution is 0.0697. The van der Waals surface area contributed by atoms with Crippen LogP contribution in [0.15, 0.2) is 30.5 Å². The van der Waals surface area contributed by atoms with Crippen LogP contribution in [0.5, 0.6) is 0 Å². The van der Waals surface area contributed by atoms with Crippen molar-refractivity contribution in [3.05, 3.63) is 53.1 Å². The first-order valence-electron chi connectivity index (χ1n) is 5.92. The molecule has 0 saturated heterocycles. The average Bonchev–Trinajstić information content (AvgIpc) is 2.36. The molecule has 2 heterocycles. The van der Waals surface area contributed by atoms with Crippen molar-refractivity contribution in [2.45, 2.75) is 20.4 Å². The number of aryl methyl sites for hydroxylation is 2. The van der Waals surface area contributed by atoms with Crippen LogP contribution in [0.2, 0.25) is 0 Å². The van der Waals surface area contributed by atoms with E-state index < -0.39 is 5.97 Å². The molecule has 19 heavy (non-hydrogen) atoms. The Labute approximate surface area is 111 Å². The number of nitrogens with one attached hydrogen (secondary N) is 1. The van der Waals surface area contributed by atoms with Crippen molar-refractivity contribution in [1.29, 1.82) is 0 Å². The molecule has 5 nitrogen and oxygen atoms in total. The van der Waals surface area contributed by atoms with E-state index in [2.05, 4.69) is 15.3 Å². The molecular weight excluding hydrogens is 242 g/mol. The maximum Gasteiger partial charge on any atom is 0.339 e. The summed E-state index contributed by atoms with van der Waals surface area (Å²) in [7, 11) is 0. The zero-order chi connectivity index (χ0) is 13.8. The molecule has 0 amide bonds. The molecule has 0 aliphatic carbocycles. The Kier molecular flexibility index (Phi) is 3.75. The van der Waals surface area contributed by atoms with Gasteiger partial charge in [0, 0.05) is 17.6 Å². The maximum atomic E-state index is 11.1. The fourth-order valence-corrected chi connectivity index (χ4v) is 1.76. The van der Waals surface area contributed by atoms with E-state index in [0.717, 1.165) is 17.1 Å². The average molecular weight is 257 g/mol. The Morgan fingerprint density at radius 2 is 2.11 bits per heavy atom. The van der Waals surface area contributed by atoms with Crippen molar-refractivity contribution < 1.29 is 9.90 Å². The standard InChI is InChI=1S/C14H15N3O2/c1-9-4-3-5-11(17-9)7-16-13-6-10(2)15-8-12(13)14(18)19/h3-6,8H,7H2,1-2H3,(H,15,16)(H,18,19). The quantitative estimate of drug-likeness (QED) is 0.879. The number of nitrogens with zero attached hydrogens (tertiary/aromatic N) is 2. The topological polar surface area (TPSA) is 75.1 Å². The highest BCUT2D eigenvalue weighted by molar-refractivity contribution is 5.93. The molecule has 0 aliphatic heterocycles. The molecule has 2 aromatic heterocycles. The number of hydrogen-bond donors (Lipinski definition) is 2. The van der Waals surface area contributed by atoms with E-state index in [4.69, 9.17) is 5.11 Å². The minimum Gasteiger partial charge on any atom is -0.478 e. The van der Waals surface area contributed by atoms with E-state index in [1.165, 1.54) is 6.20 Å². The molecule has 5 heteroatoms. The number of carboxylic acids is 1. The van der Waals surface area contributed by atoms with Gasteiger partial charge in [0.1, 0.15) is 5.56 Å². The Hall–Kier alpha value is -2.43. The second-order valence-electron chi connectivity index (χ2n) is 4.30. The third-order valence-electron chi connectivity index (χ3n) is 2.68. The summed E-state index contributed by atoms with van der Waals surface area (Å²) >= 11 is 0. The van der Waals surface area contributed by atoms with E-state index >= 15 is 0 Å². The zero-order valence-electron chi connectivity index (χ0n) is 10.8. The SMILES string of the molecule is Cc1cc(NCc2cccc(C)n2)c(C(=O)O)cn1. The first-order chi connectivity index (χ1) is 9.06. The van der Waals surface area contributed by atoms with E-state index in [1.807, 2.05) is 32.0 Å². The Bertz CT molecular complexity index is 611. The van der Waals surface area contributed by atoms with Crippen LogP contribution in [0.4, 0.5) is 5.69 Å². The third kappa shape index (κ3) is 3.28. The Morgan fingerprint density at radius 1 is 1.32 bits per heavy atom. The van der Waals surface area contributed by atoms with Crippen molar-refractivity contribution in [3.8, 4) is 0 Å². The number of rotatable bonds is 4. The number of aromatic carboxylic acids is 1. The number of hydrogen-bond acceptors (Lipinski definition) is 4. The summed E-state index contributed by atoms with van der Waals surface area (Å²) in [4.78, 5) is 19.5. The molecule has 0 atom stereocenters. The Balaban J connectivity index is 2.19. The van der Waals surface area contributed by atoms with E-state index in [0.29, 0.717) is 12.2 Å². The maximum absolute atomic E-state index is 11.1. The number of anilines is 1. The van der Waals surface area contributed by atoms with Crippen LogP contribution >= 0.6 is 0 Å². The largest absolute Gasteiger partial charge is 0.478 e. The number of carboxylic acid groups (broad SMARTS) is 1. The zero-order valence-corrected chi connectivity index (χ0v) is 10.8. The smallest absolute Gasteiger partial charge is 0.339 e. The van der Waals surface area contributed by atoms with Gasteiger partial charge in [0.05, 0.1) is 17.9 Å². The van der Waals surface area contributed by atoms with E-state index in [1.54, 1.807) is 6.07 Å². The van der Waals surface area contributed by atoms with E-state index in [-0.39, 0.29) is 5.56 Å². The predicted octanol–water partition coefficient (Wildman–Crippen LogP) is 2.40. The van der Waals surface area contributed by atoms with Gasteiger partial charge in [-0.15, -0.1) is 0 Å². The van der Waals surface area contributed by atoms with Crippen LogP contribution in [-0.4, -0.2) is 21.0 Å². The van der Waals surface area contributed by atoms with Crippen LogP contribution in [-0.2, 0) is 6.54 Å². The number of aromatic nitrogens is 2. The van der Waals surface area contributed by atoms with Crippen LogP contribution in [0.3, 0.4) is 0 Å². The lowest BCUT2D eigenvalue weighted by Gasteiger charge is -2.10. The minimum atomic E-state index is -0.993. The van der Waals surface area contributed by atoms with Gasteiger partial charge in [0.2, 0.25) is 0 Å². The molecule has 0 bridgehead atoms. The summed E-state index contributed by atoms with van der Waals surface area (Å²) in [6.45, 7) is 4.22. The summed E-state index contributed by atoms with van der Waals surface area (Å²) in [5.41, 5.74) is 3.29. The molecule has 2 aromatic rings. The van der Waals surface area contributed by atoms with Crippen molar-refractivity contribution >= 4 is 11.7 Å². The summed E-state index contributed by atoms with van der Waals surface area (Å²) in [6, 6.07) is 7.46. The van der Waals surface area contributed by atoms with Crippen molar-refractivity contribution in [1.82, 2.24) is 9.97 Å². The molecule has 0 saturated carbocycles. The number of carbonyl (C=O) groups is 1. The van der Waals surface area contributed by atoms with Gasteiger partial charge in [-0.2, -0.15) is 0 Å². The third-order valence-corrected chi connectivity index (χ3v) is 2.68. The molecule has 0 unspecified atom stereocenters. The van der Waals surface area contributed by atoms with Gasteiger partial charge in [-0.25, -0.2) is 4.79 Å². The molecule has 0 spiro atoms. The molecule has 0 fully saturated rings. The summed E-state index contributed by atoms with van der Waals surface area (Å²) in [6.07, 6.45) is 1.36. The lowest BCUT2D eigenvalue weighted by atomic mass is 10.2. The van der Waals surface area contributed by atoms with Gasteiger partial charge in [-0.05, 0) is 32.0 Å². The first kappa shape index (κ1) is 13.0. The van der Waals surface area contributed by atoms with Gasteiger partial charge in [-0.1, -0.05) is 6.07 Å². The molecule has 98 valence electrons. The van der Waals surface area contributed by atoms with Crippen molar-refractivity contribution in [2.24, 2.45) is 0 Å². The van der Waals surface area contributed by atoms with Gasteiger partial charge in [0.25, 0.3) is 0 Å². The molecule has 0 aromatic carbocycles. The van der Waals surface area contributed by atoms with Crippen LogP contribution in [0.25, 0.3) is 0 Å². The second kappa shape index (κ2) is 5.48. The molecule has 2 rings (SSSR count). The highest BCUT2D eigenvalue weighted by Crippen LogP contribution is 2.16. The molecular formula is C14H15N3O2. The van der Waals surface area contributed by atoms with E-state index in [9.17, 15) is 4.79 Å². The van der Waals surface area contributed by atoms with Crippen molar-refractivity contribution in [3.63, 3.8) is 0 Å². The fraction of sp³-hybridized carbons (Fsp3) is 0.214. The summed E-state index contributed by atoms with van der Waals surface area (Å²) in [5, 5.41) is 12.2. The van der Waals surface area contributed by atoms with Crippen molar-refractivity contribution in [2.75, 3.05) is 5.32 Å². The first-order valence-corrected chi connectivity index (χ1v) is 5.92. The Morgan fingerprint density at radius 3 is 2.79 bits per heavy atom. The van der Waals surface area contributed by atoms with Gasteiger partial charge < -0.3 is 10.4 Å². The van der Waals surface area contributed by atoms with Crippen LogP contribution in [0, 0.1) is 13.8 Å². The van der Waals surface area contributed by atoms with Crippen LogP contribution in [0.1, 0.15) is 27.4 Å². The van der Waals surface area contributed by atoms with Gasteiger partial charge in [-0.3, -0.25) is 9.97 Å². The van der Waals surface area contributed by atoms with Gasteiger partial charge >= 0.3 is 5.97 Å². The predicted molar refractivity (Wildman–Crippen MR) is 72.2 cm³/mol. The normalized spacial score (nSPS) is 10.2. The monoisotopic (exact) mass is 257 g/mol. The highest BCUT2D eigenvalue weighted by atomic mass is 16.4. The minimum absolute atomic E-state index is 0.165. The van der Waals surface area contributed by atoms with Crippen LogP contribution < -0.4 is 5.32 Å². The summed E-state index contributed by atoms with van der Waals surface area (Å²) in [5.74, 6) is -0.993. The highest BCUT2D eigenvalue weighted by Gasteiger charge is 2.10. The molecule has 0 aliphatic rings. The molecule has 0 radical (unpaired) electrons. The molecule has 2 N–H and O–H groups in total. The lowest BCUT2D eigenvalue weighted by Crippen LogP contribution is -2.08.